The Morgan fingerprint density at radius 3 is 2.71 bits per heavy atom. The number of benzene rings is 2. The van der Waals surface area contributed by atoms with E-state index in [4.69, 9.17) is 15.2 Å². The first-order valence-corrected chi connectivity index (χ1v) is 7.91. The van der Waals surface area contributed by atoms with Crippen LogP contribution in [0.5, 0.6) is 5.75 Å². The van der Waals surface area contributed by atoms with Gasteiger partial charge in [-0.3, -0.25) is 4.79 Å². The SMILES string of the molecule is COc1ccccc1CNC(=O)COC(=O)c1cc(Br)ccc1N. The fourth-order valence-electron chi connectivity index (χ4n) is 2.01. The summed E-state index contributed by atoms with van der Waals surface area (Å²) in [4.78, 5) is 23.8. The molecule has 0 spiro atoms. The zero-order chi connectivity index (χ0) is 17.5. The van der Waals surface area contributed by atoms with Crippen molar-refractivity contribution in [2.75, 3.05) is 19.5 Å². The van der Waals surface area contributed by atoms with E-state index in [-0.39, 0.29) is 24.4 Å². The van der Waals surface area contributed by atoms with Crippen molar-refractivity contribution >= 4 is 33.5 Å². The predicted molar refractivity (Wildman–Crippen MR) is 93.7 cm³/mol. The van der Waals surface area contributed by atoms with Crippen LogP contribution in [0.15, 0.2) is 46.9 Å². The van der Waals surface area contributed by atoms with Crippen molar-refractivity contribution in [3.05, 3.63) is 58.1 Å². The Morgan fingerprint density at radius 1 is 1.21 bits per heavy atom. The Labute approximate surface area is 148 Å². The number of nitrogens with two attached hydrogens (primary N) is 1. The number of hydrogen-bond acceptors (Lipinski definition) is 5. The average molecular weight is 393 g/mol. The molecule has 126 valence electrons. The summed E-state index contributed by atoms with van der Waals surface area (Å²) in [6, 6.07) is 12.2. The van der Waals surface area contributed by atoms with E-state index >= 15 is 0 Å². The van der Waals surface area contributed by atoms with Crippen LogP contribution in [0.4, 0.5) is 5.69 Å². The number of carbonyl (C=O) groups excluding carboxylic acids is 2. The smallest absolute Gasteiger partial charge is 0.340 e. The lowest BCUT2D eigenvalue weighted by molar-refractivity contribution is -0.124. The van der Waals surface area contributed by atoms with Gasteiger partial charge in [-0.2, -0.15) is 0 Å². The molecule has 0 radical (unpaired) electrons. The van der Waals surface area contributed by atoms with E-state index in [0.29, 0.717) is 10.2 Å². The number of methoxy groups -OCH3 is 1. The lowest BCUT2D eigenvalue weighted by Gasteiger charge is -2.10. The first kappa shape index (κ1) is 17.8. The third kappa shape index (κ3) is 4.73. The first-order valence-electron chi connectivity index (χ1n) is 7.12. The van der Waals surface area contributed by atoms with Gasteiger partial charge in [0, 0.05) is 22.3 Å². The molecular formula is C17H17BrN2O4. The third-order valence-electron chi connectivity index (χ3n) is 3.24. The fourth-order valence-corrected chi connectivity index (χ4v) is 2.37. The molecule has 0 aliphatic heterocycles. The molecule has 0 aliphatic rings. The highest BCUT2D eigenvalue weighted by atomic mass is 79.9. The van der Waals surface area contributed by atoms with Crippen molar-refractivity contribution < 1.29 is 19.1 Å². The topological polar surface area (TPSA) is 90.6 Å². The van der Waals surface area contributed by atoms with Gasteiger partial charge in [-0.1, -0.05) is 34.1 Å². The molecular weight excluding hydrogens is 376 g/mol. The number of esters is 1. The lowest BCUT2D eigenvalue weighted by Crippen LogP contribution is -2.28. The molecule has 3 N–H and O–H groups in total. The molecule has 2 aromatic rings. The molecule has 2 aromatic carbocycles. The molecule has 0 aromatic heterocycles. The summed E-state index contributed by atoms with van der Waals surface area (Å²) in [6.07, 6.45) is 0. The summed E-state index contributed by atoms with van der Waals surface area (Å²) in [5, 5.41) is 2.67. The molecule has 0 saturated carbocycles. The number of hydrogen-bond donors (Lipinski definition) is 2. The molecule has 6 nitrogen and oxygen atoms in total. The Kier molecular flexibility index (Phi) is 6.20. The Bertz CT molecular complexity index is 749. The highest BCUT2D eigenvalue weighted by Gasteiger charge is 2.14. The van der Waals surface area contributed by atoms with Crippen molar-refractivity contribution in [1.29, 1.82) is 0 Å². The number of nitrogens with one attached hydrogen (secondary N) is 1. The summed E-state index contributed by atoms with van der Waals surface area (Å²) in [5.74, 6) is -0.388. The standard InChI is InChI=1S/C17H17BrN2O4/c1-23-15-5-3-2-4-11(15)9-20-16(21)10-24-17(22)13-8-12(18)6-7-14(13)19/h2-8H,9-10,19H2,1H3,(H,20,21). The molecule has 0 saturated heterocycles. The maximum Gasteiger partial charge on any atom is 0.340 e. The number of anilines is 1. The predicted octanol–water partition coefficient (Wildman–Crippen LogP) is 2.51. The summed E-state index contributed by atoms with van der Waals surface area (Å²) < 4.78 is 10.9. The summed E-state index contributed by atoms with van der Waals surface area (Å²) in [5.41, 5.74) is 7.06. The quantitative estimate of drug-likeness (QED) is 0.582. The third-order valence-corrected chi connectivity index (χ3v) is 3.73. The molecule has 0 heterocycles. The van der Waals surface area contributed by atoms with Crippen molar-refractivity contribution in [3.8, 4) is 5.75 Å². The van der Waals surface area contributed by atoms with Gasteiger partial charge in [0.2, 0.25) is 0 Å². The van der Waals surface area contributed by atoms with Crippen LogP contribution in [0.1, 0.15) is 15.9 Å². The molecule has 0 atom stereocenters. The number of nitrogen functional groups attached to an aromatic ring is 1. The van der Waals surface area contributed by atoms with Crippen LogP contribution in [0.2, 0.25) is 0 Å². The number of ether oxygens (including phenoxy) is 2. The fraction of sp³-hybridized carbons (Fsp3) is 0.176. The molecule has 0 fully saturated rings. The van der Waals surface area contributed by atoms with Gasteiger partial charge in [-0.25, -0.2) is 4.79 Å². The van der Waals surface area contributed by atoms with E-state index in [9.17, 15) is 9.59 Å². The highest BCUT2D eigenvalue weighted by Crippen LogP contribution is 2.19. The van der Waals surface area contributed by atoms with E-state index in [0.717, 1.165) is 5.56 Å². The molecule has 24 heavy (non-hydrogen) atoms. The van der Waals surface area contributed by atoms with E-state index in [2.05, 4.69) is 21.2 Å². The van der Waals surface area contributed by atoms with Gasteiger partial charge in [0.15, 0.2) is 6.61 Å². The lowest BCUT2D eigenvalue weighted by atomic mass is 10.2. The van der Waals surface area contributed by atoms with E-state index in [1.807, 2.05) is 18.2 Å². The molecule has 2 rings (SSSR count). The monoisotopic (exact) mass is 392 g/mol. The minimum Gasteiger partial charge on any atom is -0.496 e. The molecule has 7 heteroatoms. The largest absolute Gasteiger partial charge is 0.496 e. The minimum atomic E-state index is -0.652. The molecule has 0 unspecified atom stereocenters. The van der Waals surface area contributed by atoms with Gasteiger partial charge in [0.1, 0.15) is 5.75 Å². The van der Waals surface area contributed by atoms with Crippen molar-refractivity contribution in [2.45, 2.75) is 6.54 Å². The summed E-state index contributed by atoms with van der Waals surface area (Å²) in [6.45, 7) is -0.112. The number of amides is 1. The van der Waals surface area contributed by atoms with Crippen molar-refractivity contribution in [1.82, 2.24) is 5.32 Å². The van der Waals surface area contributed by atoms with Crippen LogP contribution in [0, 0.1) is 0 Å². The van der Waals surface area contributed by atoms with Gasteiger partial charge < -0.3 is 20.5 Å². The second-order valence-electron chi connectivity index (χ2n) is 4.90. The number of para-hydroxylation sites is 1. The van der Waals surface area contributed by atoms with Gasteiger partial charge in [0.05, 0.1) is 12.7 Å². The van der Waals surface area contributed by atoms with Crippen LogP contribution in [-0.2, 0) is 16.1 Å². The maximum atomic E-state index is 12.0. The Hall–Kier alpha value is -2.54. The normalized spacial score (nSPS) is 10.1. The Balaban J connectivity index is 1.87. The van der Waals surface area contributed by atoms with Gasteiger partial charge in [-0.15, -0.1) is 0 Å². The zero-order valence-electron chi connectivity index (χ0n) is 13.0. The van der Waals surface area contributed by atoms with E-state index < -0.39 is 11.9 Å². The van der Waals surface area contributed by atoms with Crippen LogP contribution < -0.4 is 15.8 Å². The van der Waals surface area contributed by atoms with Crippen LogP contribution >= 0.6 is 15.9 Å². The van der Waals surface area contributed by atoms with Crippen LogP contribution in [0.3, 0.4) is 0 Å². The van der Waals surface area contributed by atoms with Gasteiger partial charge in [-0.05, 0) is 24.3 Å². The summed E-state index contributed by atoms with van der Waals surface area (Å²) >= 11 is 3.25. The van der Waals surface area contributed by atoms with Gasteiger partial charge >= 0.3 is 5.97 Å². The van der Waals surface area contributed by atoms with Crippen LogP contribution in [0.25, 0.3) is 0 Å². The van der Waals surface area contributed by atoms with E-state index in [1.165, 1.54) is 0 Å². The summed E-state index contributed by atoms with van der Waals surface area (Å²) in [7, 11) is 1.56. The molecule has 0 aliphatic carbocycles. The number of rotatable bonds is 6. The van der Waals surface area contributed by atoms with Gasteiger partial charge in [0.25, 0.3) is 5.91 Å². The molecule has 0 bridgehead atoms. The van der Waals surface area contributed by atoms with Crippen molar-refractivity contribution in [2.24, 2.45) is 0 Å². The second-order valence-corrected chi connectivity index (χ2v) is 5.81. The first-order chi connectivity index (χ1) is 11.5. The average Bonchev–Trinajstić information content (AvgIpc) is 2.60. The molecule has 1 amide bonds. The van der Waals surface area contributed by atoms with Crippen LogP contribution in [-0.4, -0.2) is 25.6 Å². The van der Waals surface area contributed by atoms with Crippen molar-refractivity contribution in [3.63, 3.8) is 0 Å². The maximum absolute atomic E-state index is 12.0. The highest BCUT2D eigenvalue weighted by molar-refractivity contribution is 9.10. The van der Waals surface area contributed by atoms with E-state index in [1.54, 1.807) is 31.4 Å². The second kappa shape index (κ2) is 8.35. The minimum absolute atomic E-state index is 0.210. The number of carbonyl (C=O) groups is 2. The zero-order valence-corrected chi connectivity index (χ0v) is 14.6. The Morgan fingerprint density at radius 2 is 1.96 bits per heavy atom. The number of halogens is 1.